The minimum Gasteiger partial charge on any atom is -0.454 e. The van der Waals surface area contributed by atoms with Crippen LogP contribution in [0.3, 0.4) is 0 Å². The molecular formula is C16H25N3O4. The van der Waals surface area contributed by atoms with Crippen molar-refractivity contribution in [1.29, 1.82) is 5.26 Å². The fourth-order valence-electron chi connectivity index (χ4n) is 2.18. The molecule has 1 rings (SSSR count). The van der Waals surface area contributed by atoms with Gasteiger partial charge in [0.1, 0.15) is 12.1 Å². The largest absolute Gasteiger partial charge is 0.454 e. The number of nitrogens with zero attached hydrogens (tertiary/aromatic N) is 2. The Morgan fingerprint density at radius 1 is 1.39 bits per heavy atom. The second-order valence-corrected chi connectivity index (χ2v) is 6.30. The van der Waals surface area contributed by atoms with Crippen LogP contribution in [0.4, 0.5) is 0 Å². The molecule has 0 saturated carbocycles. The second kappa shape index (κ2) is 8.51. The van der Waals surface area contributed by atoms with Crippen molar-refractivity contribution in [1.82, 2.24) is 10.2 Å². The maximum Gasteiger partial charge on any atom is 0.326 e. The molecule has 2 amide bonds. The van der Waals surface area contributed by atoms with E-state index in [9.17, 15) is 14.4 Å². The summed E-state index contributed by atoms with van der Waals surface area (Å²) >= 11 is 0. The topological polar surface area (TPSA) is 99.5 Å². The van der Waals surface area contributed by atoms with Crippen LogP contribution in [0.15, 0.2) is 0 Å². The van der Waals surface area contributed by atoms with Gasteiger partial charge in [-0.15, -0.1) is 0 Å². The summed E-state index contributed by atoms with van der Waals surface area (Å²) < 4.78 is 4.91. The van der Waals surface area contributed by atoms with Crippen LogP contribution < -0.4 is 5.32 Å². The standard InChI is InChI=1S/C16H25N3O4/c1-12(2)16(3,11-17)18-13(20)10-23-15(22)9-19-8-6-4-5-7-14(19)21/h12H,4-10H2,1-3H3,(H,18,20)/t16-/m1/s1. The van der Waals surface area contributed by atoms with Crippen LogP contribution >= 0.6 is 0 Å². The Kier molecular flexibility index (Phi) is 7.01. The van der Waals surface area contributed by atoms with Crippen molar-refractivity contribution in [3.8, 4) is 6.07 Å². The molecule has 23 heavy (non-hydrogen) atoms. The van der Waals surface area contributed by atoms with Gasteiger partial charge in [0.2, 0.25) is 5.91 Å². The van der Waals surface area contributed by atoms with E-state index >= 15 is 0 Å². The molecule has 1 aliphatic heterocycles. The van der Waals surface area contributed by atoms with Crippen LogP contribution in [-0.4, -0.2) is 47.9 Å². The Bertz CT molecular complexity index is 498. The van der Waals surface area contributed by atoms with Gasteiger partial charge in [-0.05, 0) is 25.7 Å². The van der Waals surface area contributed by atoms with Gasteiger partial charge in [0.15, 0.2) is 6.61 Å². The predicted molar refractivity (Wildman–Crippen MR) is 83.0 cm³/mol. The van der Waals surface area contributed by atoms with Gasteiger partial charge >= 0.3 is 5.97 Å². The van der Waals surface area contributed by atoms with Gasteiger partial charge in [0.25, 0.3) is 5.91 Å². The van der Waals surface area contributed by atoms with E-state index in [2.05, 4.69) is 5.32 Å². The van der Waals surface area contributed by atoms with Crippen molar-refractivity contribution in [2.24, 2.45) is 5.92 Å². The number of esters is 1. The smallest absolute Gasteiger partial charge is 0.326 e. The third-order valence-electron chi connectivity index (χ3n) is 4.14. The number of hydrogen-bond donors (Lipinski definition) is 1. The number of carbonyl (C=O) groups excluding carboxylic acids is 3. The summed E-state index contributed by atoms with van der Waals surface area (Å²) in [6.45, 7) is 5.21. The number of likely N-dealkylation sites (tertiary alicyclic amines) is 1. The zero-order valence-electron chi connectivity index (χ0n) is 14.1. The van der Waals surface area contributed by atoms with Crippen molar-refractivity contribution >= 4 is 17.8 Å². The van der Waals surface area contributed by atoms with Gasteiger partial charge < -0.3 is 15.0 Å². The van der Waals surface area contributed by atoms with Crippen LogP contribution in [0.25, 0.3) is 0 Å². The molecule has 128 valence electrons. The third-order valence-corrected chi connectivity index (χ3v) is 4.14. The van der Waals surface area contributed by atoms with E-state index in [1.54, 1.807) is 6.92 Å². The number of rotatable bonds is 6. The van der Waals surface area contributed by atoms with E-state index < -0.39 is 24.0 Å². The van der Waals surface area contributed by atoms with Crippen LogP contribution in [0, 0.1) is 17.2 Å². The van der Waals surface area contributed by atoms with Gasteiger partial charge in [0.05, 0.1) is 6.07 Å². The molecule has 0 aromatic rings. The van der Waals surface area contributed by atoms with Gasteiger partial charge in [-0.3, -0.25) is 14.4 Å². The molecule has 1 saturated heterocycles. The Balaban J connectivity index is 2.42. The highest BCUT2D eigenvalue weighted by Crippen LogP contribution is 2.15. The number of carbonyl (C=O) groups is 3. The molecule has 0 unspecified atom stereocenters. The first-order valence-electron chi connectivity index (χ1n) is 7.94. The summed E-state index contributed by atoms with van der Waals surface area (Å²) in [5.41, 5.74) is -1.01. The number of nitriles is 1. The lowest BCUT2D eigenvalue weighted by Crippen LogP contribution is -2.50. The van der Waals surface area contributed by atoms with Crippen LogP contribution in [0.5, 0.6) is 0 Å². The highest BCUT2D eigenvalue weighted by atomic mass is 16.5. The molecule has 7 heteroatoms. The summed E-state index contributed by atoms with van der Waals surface area (Å²) in [7, 11) is 0. The molecule has 0 spiro atoms. The van der Waals surface area contributed by atoms with E-state index in [0.29, 0.717) is 13.0 Å². The van der Waals surface area contributed by atoms with E-state index in [1.165, 1.54) is 4.90 Å². The van der Waals surface area contributed by atoms with Gasteiger partial charge in [-0.2, -0.15) is 5.26 Å². The Morgan fingerprint density at radius 2 is 2.09 bits per heavy atom. The summed E-state index contributed by atoms with van der Waals surface area (Å²) in [5.74, 6) is -1.28. The van der Waals surface area contributed by atoms with Crippen molar-refractivity contribution in [3.63, 3.8) is 0 Å². The van der Waals surface area contributed by atoms with Gasteiger partial charge in [0, 0.05) is 13.0 Å². The number of hydrogen-bond acceptors (Lipinski definition) is 5. The van der Waals surface area contributed by atoms with E-state index in [1.807, 2.05) is 19.9 Å². The minimum atomic E-state index is -1.01. The highest BCUT2D eigenvalue weighted by Gasteiger charge is 2.30. The first kappa shape index (κ1) is 18.9. The van der Waals surface area contributed by atoms with E-state index in [-0.39, 0.29) is 18.4 Å². The summed E-state index contributed by atoms with van der Waals surface area (Å²) in [6.07, 6.45) is 3.13. The van der Waals surface area contributed by atoms with Gasteiger partial charge in [-0.25, -0.2) is 0 Å². The molecule has 1 atom stereocenters. The molecule has 1 aliphatic rings. The zero-order valence-corrected chi connectivity index (χ0v) is 14.1. The summed E-state index contributed by atoms with van der Waals surface area (Å²) in [5, 5.41) is 11.7. The lowest BCUT2D eigenvalue weighted by Gasteiger charge is -2.27. The Labute approximate surface area is 137 Å². The molecule has 0 aromatic carbocycles. The minimum absolute atomic E-state index is 0.0548. The quantitative estimate of drug-likeness (QED) is 0.735. The summed E-state index contributed by atoms with van der Waals surface area (Å²) in [4.78, 5) is 36.9. The van der Waals surface area contributed by atoms with Crippen LogP contribution in [0.1, 0.15) is 46.5 Å². The third kappa shape index (κ3) is 5.89. The molecule has 7 nitrogen and oxygen atoms in total. The number of amides is 2. The lowest BCUT2D eigenvalue weighted by atomic mass is 9.90. The maximum absolute atomic E-state index is 11.8. The normalized spacial score (nSPS) is 17.9. The maximum atomic E-state index is 11.8. The Hall–Kier alpha value is -2.10. The first-order valence-corrected chi connectivity index (χ1v) is 7.94. The second-order valence-electron chi connectivity index (χ2n) is 6.30. The number of ether oxygens (including phenoxy) is 1. The lowest BCUT2D eigenvalue weighted by molar-refractivity contribution is -0.152. The Morgan fingerprint density at radius 3 is 2.70 bits per heavy atom. The number of nitrogens with one attached hydrogen (secondary N) is 1. The summed E-state index contributed by atoms with van der Waals surface area (Å²) in [6, 6.07) is 2.05. The molecule has 0 radical (unpaired) electrons. The van der Waals surface area contributed by atoms with Crippen molar-refractivity contribution in [2.75, 3.05) is 19.7 Å². The molecule has 0 aromatic heterocycles. The molecule has 1 fully saturated rings. The van der Waals surface area contributed by atoms with Crippen molar-refractivity contribution in [3.05, 3.63) is 0 Å². The molecule has 1 heterocycles. The monoisotopic (exact) mass is 323 g/mol. The molecular weight excluding hydrogens is 298 g/mol. The van der Waals surface area contributed by atoms with Crippen molar-refractivity contribution < 1.29 is 19.1 Å². The fraction of sp³-hybridized carbons (Fsp3) is 0.750. The fourth-order valence-corrected chi connectivity index (χ4v) is 2.18. The van der Waals surface area contributed by atoms with Gasteiger partial charge in [-0.1, -0.05) is 20.3 Å². The van der Waals surface area contributed by atoms with Crippen LogP contribution in [0.2, 0.25) is 0 Å². The highest BCUT2D eigenvalue weighted by molar-refractivity contribution is 5.84. The van der Waals surface area contributed by atoms with E-state index in [0.717, 1.165) is 19.3 Å². The SMILES string of the molecule is CC(C)[C@@](C)(C#N)NC(=O)COC(=O)CN1CCCCCC1=O. The molecule has 0 aliphatic carbocycles. The van der Waals surface area contributed by atoms with Crippen molar-refractivity contribution in [2.45, 2.75) is 52.0 Å². The molecule has 1 N–H and O–H groups in total. The zero-order chi connectivity index (χ0) is 17.5. The molecule has 0 bridgehead atoms. The average molecular weight is 323 g/mol. The first-order chi connectivity index (χ1) is 10.8. The predicted octanol–water partition coefficient (Wildman–Crippen LogP) is 0.987. The van der Waals surface area contributed by atoms with Crippen LogP contribution in [-0.2, 0) is 19.1 Å². The van der Waals surface area contributed by atoms with E-state index in [4.69, 9.17) is 10.00 Å². The average Bonchev–Trinajstić information content (AvgIpc) is 2.70.